The van der Waals surface area contributed by atoms with Gasteiger partial charge in [0.1, 0.15) is 11.9 Å². The number of piperazine rings is 1. The summed E-state index contributed by atoms with van der Waals surface area (Å²) in [6.45, 7) is 6.64. The van der Waals surface area contributed by atoms with E-state index in [1.165, 1.54) is 0 Å². The quantitative estimate of drug-likeness (QED) is 0.860. The van der Waals surface area contributed by atoms with Crippen molar-refractivity contribution < 1.29 is 9.13 Å². The topological polar surface area (TPSA) is 66.7 Å². The van der Waals surface area contributed by atoms with Crippen LogP contribution in [0.1, 0.15) is 25.6 Å². The molecule has 0 saturated carbocycles. The Labute approximate surface area is 141 Å². The third-order valence-electron chi connectivity index (χ3n) is 4.29. The zero-order chi connectivity index (χ0) is 15.7. The van der Waals surface area contributed by atoms with Crippen molar-refractivity contribution in [2.45, 2.75) is 38.8 Å². The van der Waals surface area contributed by atoms with Crippen molar-refractivity contribution in [1.29, 1.82) is 0 Å². The number of ether oxygens (including phenoxy) is 1. The van der Waals surface area contributed by atoms with E-state index in [1.807, 2.05) is 6.92 Å². The monoisotopic (exact) mass is 346 g/mol. The van der Waals surface area contributed by atoms with E-state index in [-0.39, 0.29) is 24.6 Å². The molecule has 2 aliphatic heterocycles. The Kier molecular flexibility index (Phi) is 5.83. The van der Waals surface area contributed by atoms with Crippen molar-refractivity contribution in [3.05, 3.63) is 12.0 Å². The zero-order valence-electron chi connectivity index (χ0n) is 13.6. The minimum atomic E-state index is -0.971. The molecule has 2 N–H and O–H groups in total. The first-order valence-corrected chi connectivity index (χ1v) is 7.65. The molecule has 0 spiro atoms. The van der Waals surface area contributed by atoms with Gasteiger partial charge in [0.15, 0.2) is 5.82 Å². The summed E-state index contributed by atoms with van der Waals surface area (Å²) in [4.78, 5) is 11.0. The van der Waals surface area contributed by atoms with Gasteiger partial charge in [0.05, 0.1) is 32.2 Å². The number of aliphatic imine (C=N–C) groups is 1. The molecule has 0 amide bonds. The molecule has 3 atom stereocenters. The Bertz CT molecular complexity index is 557. The van der Waals surface area contributed by atoms with Gasteiger partial charge in [0.2, 0.25) is 0 Å². The van der Waals surface area contributed by atoms with Crippen LogP contribution in [-0.2, 0) is 11.3 Å². The zero-order valence-corrected chi connectivity index (χ0v) is 14.4. The van der Waals surface area contributed by atoms with E-state index in [4.69, 9.17) is 4.74 Å². The number of imidazole rings is 1. The second kappa shape index (κ2) is 7.46. The van der Waals surface area contributed by atoms with Crippen LogP contribution >= 0.6 is 12.4 Å². The van der Waals surface area contributed by atoms with Crippen LogP contribution in [0.25, 0.3) is 0 Å². The van der Waals surface area contributed by atoms with E-state index < -0.39 is 6.17 Å². The van der Waals surface area contributed by atoms with Crippen molar-refractivity contribution in [3.63, 3.8) is 0 Å². The molecule has 2 aliphatic rings. The van der Waals surface area contributed by atoms with Gasteiger partial charge in [-0.25, -0.2) is 9.37 Å². The van der Waals surface area contributed by atoms with Crippen LogP contribution in [0.3, 0.4) is 0 Å². The lowest BCUT2D eigenvalue weighted by Crippen LogP contribution is -2.59. The summed E-state index contributed by atoms with van der Waals surface area (Å²) in [5, 5.41) is 6.79. The summed E-state index contributed by atoms with van der Waals surface area (Å²) in [7, 11) is 1.61. The lowest BCUT2D eigenvalue weighted by molar-refractivity contribution is 0.174. The number of halogens is 2. The summed E-state index contributed by atoms with van der Waals surface area (Å²) < 4.78 is 20.9. The summed E-state index contributed by atoms with van der Waals surface area (Å²) in [5.74, 6) is 0.689. The van der Waals surface area contributed by atoms with E-state index in [0.717, 1.165) is 25.3 Å². The van der Waals surface area contributed by atoms with Crippen LogP contribution in [0.15, 0.2) is 11.3 Å². The average molecular weight is 347 g/mol. The molecular weight excluding hydrogens is 323 g/mol. The van der Waals surface area contributed by atoms with Crippen molar-refractivity contribution in [1.82, 2.24) is 25.1 Å². The highest BCUT2D eigenvalue weighted by Crippen LogP contribution is 2.30. The first-order chi connectivity index (χ1) is 10.6. The lowest BCUT2D eigenvalue weighted by Gasteiger charge is -2.37. The molecule has 1 unspecified atom stereocenters. The SMILES string of the molecule is COC1=Nc2c(ncn2[C@@H](C)[C@@H](C)F)CN1C1CNCCN1.Cl. The van der Waals surface area contributed by atoms with Crippen LogP contribution in [0.2, 0.25) is 0 Å². The van der Waals surface area contributed by atoms with E-state index >= 15 is 0 Å². The molecule has 0 radical (unpaired) electrons. The van der Waals surface area contributed by atoms with Gasteiger partial charge in [-0.05, 0) is 13.8 Å². The number of alkyl halides is 1. The van der Waals surface area contributed by atoms with Crippen molar-refractivity contribution in [3.8, 4) is 0 Å². The summed E-state index contributed by atoms with van der Waals surface area (Å²) in [6, 6.07) is 0.230. The molecule has 0 bridgehead atoms. The van der Waals surface area contributed by atoms with E-state index in [0.29, 0.717) is 18.4 Å². The molecule has 3 rings (SSSR count). The highest BCUT2D eigenvalue weighted by Gasteiger charge is 2.31. The smallest absolute Gasteiger partial charge is 0.295 e. The molecule has 0 aromatic carbocycles. The lowest BCUT2D eigenvalue weighted by atomic mass is 10.2. The Morgan fingerprint density at radius 2 is 2.17 bits per heavy atom. The minimum Gasteiger partial charge on any atom is -0.468 e. The predicted molar refractivity (Wildman–Crippen MR) is 89.1 cm³/mol. The number of rotatable bonds is 3. The first-order valence-electron chi connectivity index (χ1n) is 7.65. The van der Waals surface area contributed by atoms with Gasteiger partial charge in [-0.1, -0.05) is 0 Å². The highest BCUT2D eigenvalue weighted by atomic mass is 35.5. The summed E-state index contributed by atoms with van der Waals surface area (Å²) in [5.41, 5.74) is 0.848. The molecule has 0 aliphatic carbocycles. The molecule has 1 aromatic rings. The highest BCUT2D eigenvalue weighted by molar-refractivity contribution is 5.85. The van der Waals surface area contributed by atoms with Crippen LogP contribution < -0.4 is 10.6 Å². The Hall–Kier alpha value is -1.38. The fourth-order valence-electron chi connectivity index (χ4n) is 2.80. The van der Waals surface area contributed by atoms with Crippen LogP contribution in [0.5, 0.6) is 0 Å². The van der Waals surface area contributed by atoms with Gasteiger partial charge in [-0.2, -0.15) is 4.99 Å². The molecule has 7 nitrogen and oxygen atoms in total. The Balaban J connectivity index is 0.00000192. The third kappa shape index (κ3) is 3.44. The third-order valence-corrected chi connectivity index (χ3v) is 4.29. The molecule has 3 heterocycles. The van der Waals surface area contributed by atoms with Gasteiger partial charge in [-0.3, -0.25) is 5.32 Å². The largest absolute Gasteiger partial charge is 0.468 e. The fourth-order valence-corrected chi connectivity index (χ4v) is 2.80. The molecule has 1 aromatic heterocycles. The average Bonchev–Trinajstić information content (AvgIpc) is 2.96. The second-order valence-electron chi connectivity index (χ2n) is 5.74. The maximum Gasteiger partial charge on any atom is 0.295 e. The van der Waals surface area contributed by atoms with Crippen LogP contribution in [0, 0.1) is 0 Å². The summed E-state index contributed by atoms with van der Waals surface area (Å²) >= 11 is 0. The number of amidine groups is 1. The number of hydrogen-bond acceptors (Lipinski definition) is 6. The number of nitrogens with zero attached hydrogens (tertiary/aromatic N) is 4. The molecule has 1 saturated heterocycles. The van der Waals surface area contributed by atoms with E-state index in [1.54, 1.807) is 24.9 Å². The van der Waals surface area contributed by atoms with Crippen LogP contribution in [0.4, 0.5) is 10.2 Å². The normalized spacial score (nSPS) is 23.4. The molecule has 130 valence electrons. The van der Waals surface area contributed by atoms with E-state index in [2.05, 4.69) is 25.5 Å². The molecule has 9 heteroatoms. The van der Waals surface area contributed by atoms with Crippen molar-refractivity contribution in [2.75, 3.05) is 26.7 Å². The fraction of sp³-hybridized carbons (Fsp3) is 0.714. The number of aromatic nitrogens is 2. The Morgan fingerprint density at radius 1 is 1.39 bits per heavy atom. The van der Waals surface area contributed by atoms with Crippen molar-refractivity contribution in [2.24, 2.45) is 4.99 Å². The van der Waals surface area contributed by atoms with Gasteiger partial charge >= 0.3 is 0 Å². The van der Waals surface area contributed by atoms with Gasteiger partial charge < -0.3 is 19.5 Å². The Morgan fingerprint density at radius 3 is 2.78 bits per heavy atom. The van der Waals surface area contributed by atoms with Crippen LogP contribution in [-0.4, -0.2) is 59.6 Å². The predicted octanol–water partition coefficient (Wildman–Crippen LogP) is 1.19. The molecule has 1 fully saturated rings. The maximum absolute atomic E-state index is 13.6. The van der Waals surface area contributed by atoms with Crippen molar-refractivity contribution >= 4 is 24.2 Å². The standard InChI is InChI=1S/C14H23FN6O.ClH/c1-9(15)10(2)21-8-18-11-7-20(12-6-16-4-5-17-12)14(22-3)19-13(11)21;/h8-10,12,16-17H,4-7H2,1-3H3;1H/t9-,10+,12?;/m1./s1. The molecule has 23 heavy (non-hydrogen) atoms. The summed E-state index contributed by atoms with van der Waals surface area (Å²) in [6.07, 6.45) is 0.808. The van der Waals surface area contributed by atoms with Gasteiger partial charge in [-0.15, -0.1) is 12.4 Å². The first kappa shape index (κ1) is 18.0. The number of nitrogens with one attached hydrogen (secondary N) is 2. The van der Waals surface area contributed by atoms with E-state index in [9.17, 15) is 4.39 Å². The molecular formula is C14H24ClFN6O. The number of fused-ring (bicyclic) bond motifs is 1. The number of methoxy groups -OCH3 is 1. The number of hydrogen-bond donors (Lipinski definition) is 2. The minimum absolute atomic E-state index is 0. The maximum atomic E-state index is 13.6. The van der Waals surface area contributed by atoms with Gasteiger partial charge in [0.25, 0.3) is 6.02 Å². The van der Waals surface area contributed by atoms with Gasteiger partial charge in [0, 0.05) is 19.6 Å². The second-order valence-corrected chi connectivity index (χ2v) is 5.74.